The summed E-state index contributed by atoms with van der Waals surface area (Å²) < 4.78 is 40.8. The standard InChI is InChI=1S/C9H12F3N3S/c10-9(11,12)8-5-7(14-16-8)6-15-3-1-13-2-4-15/h5,13H,1-4,6H2. The minimum Gasteiger partial charge on any atom is -0.314 e. The van der Waals surface area contributed by atoms with E-state index in [0.717, 1.165) is 32.2 Å². The summed E-state index contributed by atoms with van der Waals surface area (Å²) in [6.45, 7) is 4.00. The van der Waals surface area contributed by atoms with Crippen molar-refractivity contribution in [1.82, 2.24) is 14.6 Å². The van der Waals surface area contributed by atoms with Crippen molar-refractivity contribution < 1.29 is 13.2 Å². The van der Waals surface area contributed by atoms with Gasteiger partial charge >= 0.3 is 6.18 Å². The second-order valence-corrected chi connectivity index (χ2v) is 4.51. The van der Waals surface area contributed by atoms with E-state index >= 15 is 0 Å². The lowest BCUT2D eigenvalue weighted by Gasteiger charge is -2.26. The van der Waals surface area contributed by atoms with Crippen LogP contribution >= 0.6 is 11.5 Å². The van der Waals surface area contributed by atoms with Gasteiger partial charge in [-0.15, -0.1) is 0 Å². The number of hydrogen-bond donors (Lipinski definition) is 1. The molecule has 1 aromatic heterocycles. The number of piperazine rings is 1. The maximum absolute atomic E-state index is 12.3. The third-order valence-corrected chi connectivity index (χ3v) is 3.31. The van der Waals surface area contributed by atoms with E-state index in [4.69, 9.17) is 0 Å². The number of alkyl halides is 3. The Morgan fingerprint density at radius 3 is 2.62 bits per heavy atom. The maximum atomic E-state index is 12.3. The number of nitrogens with one attached hydrogen (secondary N) is 1. The van der Waals surface area contributed by atoms with Gasteiger partial charge in [0.2, 0.25) is 0 Å². The van der Waals surface area contributed by atoms with Gasteiger partial charge < -0.3 is 5.32 Å². The molecule has 2 heterocycles. The van der Waals surface area contributed by atoms with Crippen molar-refractivity contribution in [2.24, 2.45) is 0 Å². The fraction of sp³-hybridized carbons (Fsp3) is 0.667. The van der Waals surface area contributed by atoms with Crippen LogP contribution in [-0.4, -0.2) is 35.5 Å². The van der Waals surface area contributed by atoms with Gasteiger partial charge in [-0.05, 0) is 17.6 Å². The first-order valence-corrected chi connectivity index (χ1v) is 5.79. The lowest BCUT2D eigenvalue weighted by molar-refractivity contribution is -0.134. The summed E-state index contributed by atoms with van der Waals surface area (Å²) in [6, 6.07) is 1.15. The smallest absolute Gasteiger partial charge is 0.314 e. The molecule has 7 heteroatoms. The van der Waals surface area contributed by atoms with Gasteiger partial charge in [-0.3, -0.25) is 4.90 Å². The van der Waals surface area contributed by atoms with Gasteiger partial charge in [-0.2, -0.15) is 17.5 Å². The van der Waals surface area contributed by atoms with Gasteiger partial charge in [0.1, 0.15) is 4.88 Å². The largest absolute Gasteiger partial charge is 0.427 e. The lowest BCUT2D eigenvalue weighted by Crippen LogP contribution is -2.42. The average Bonchev–Trinajstić information content (AvgIpc) is 2.67. The average molecular weight is 251 g/mol. The van der Waals surface area contributed by atoms with Gasteiger partial charge in [-0.1, -0.05) is 0 Å². The Labute approximate surface area is 95.4 Å². The van der Waals surface area contributed by atoms with E-state index < -0.39 is 11.1 Å². The van der Waals surface area contributed by atoms with Gasteiger partial charge in [0.25, 0.3) is 0 Å². The van der Waals surface area contributed by atoms with Crippen LogP contribution in [0, 0.1) is 0 Å². The fourth-order valence-corrected chi connectivity index (χ4v) is 2.24. The van der Waals surface area contributed by atoms with Gasteiger partial charge in [0.15, 0.2) is 0 Å². The summed E-state index contributed by atoms with van der Waals surface area (Å²) in [7, 11) is 0. The molecule has 1 saturated heterocycles. The molecule has 0 atom stereocenters. The Kier molecular flexibility index (Phi) is 3.46. The van der Waals surface area contributed by atoms with Crippen molar-refractivity contribution >= 4 is 11.5 Å². The first-order chi connectivity index (χ1) is 7.55. The van der Waals surface area contributed by atoms with Crippen LogP contribution in [0.4, 0.5) is 13.2 Å². The highest BCUT2D eigenvalue weighted by molar-refractivity contribution is 7.05. The Bertz CT molecular complexity index is 344. The first kappa shape index (κ1) is 11.8. The molecule has 0 spiro atoms. The maximum Gasteiger partial charge on any atom is 0.427 e. The summed E-state index contributed by atoms with van der Waals surface area (Å²) >= 11 is 0.528. The number of hydrogen-bond acceptors (Lipinski definition) is 4. The molecule has 1 aromatic rings. The quantitative estimate of drug-likeness (QED) is 0.864. The van der Waals surface area contributed by atoms with E-state index in [0.29, 0.717) is 23.8 Å². The van der Waals surface area contributed by atoms with E-state index in [1.54, 1.807) is 0 Å². The molecule has 1 aliphatic heterocycles. The van der Waals surface area contributed by atoms with Crippen LogP contribution < -0.4 is 5.32 Å². The molecular weight excluding hydrogens is 239 g/mol. The van der Waals surface area contributed by atoms with E-state index in [-0.39, 0.29) is 0 Å². The van der Waals surface area contributed by atoms with Gasteiger partial charge in [-0.25, -0.2) is 0 Å². The molecule has 0 aliphatic carbocycles. The Hall–Kier alpha value is -0.660. The van der Waals surface area contributed by atoms with Crippen molar-refractivity contribution in [2.45, 2.75) is 12.7 Å². The summed E-state index contributed by atoms with van der Waals surface area (Å²) in [5.41, 5.74) is 0.513. The highest BCUT2D eigenvalue weighted by atomic mass is 32.1. The molecule has 2 rings (SSSR count). The van der Waals surface area contributed by atoms with Gasteiger partial charge in [0, 0.05) is 32.7 Å². The van der Waals surface area contributed by atoms with Crippen molar-refractivity contribution in [1.29, 1.82) is 0 Å². The van der Waals surface area contributed by atoms with Crippen LogP contribution in [0.25, 0.3) is 0 Å². The van der Waals surface area contributed by atoms with Crippen LogP contribution in [0.5, 0.6) is 0 Å². The highest BCUT2D eigenvalue weighted by Gasteiger charge is 2.33. The minimum atomic E-state index is -4.26. The molecular formula is C9H12F3N3S. The van der Waals surface area contributed by atoms with E-state index in [1.807, 2.05) is 0 Å². The molecule has 3 nitrogen and oxygen atoms in total. The Morgan fingerprint density at radius 1 is 1.38 bits per heavy atom. The third-order valence-electron chi connectivity index (χ3n) is 2.43. The molecule has 0 amide bonds. The number of halogens is 3. The van der Waals surface area contributed by atoms with Gasteiger partial charge in [0.05, 0.1) is 5.69 Å². The van der Waals surface area contributed by atoms with E-state index in [2.05, 4.69) is 14.6 Å². The highest BCUT2D eigenvalue weighted by Crippen LogP contribution is 2.32. The normalized spacial score (nSPS) is 18.9. The molecule has 16 heavy (non-hydrogen) atoms. The molecule has 0 saturated carbocycles. The van der Waals surface area contributed by atoms with E-state index in [1.165, 1.54) is 0 Å². The zero-order valence-electron chi connectivity index (χ0n) is 8.55. The van der Waals surface area contributed by atoms with Crippen molar-refractivity contribution in [3.05, 3.63) is 16.6 Å². The Balaban J connectivity index is 1.97. The molecule has 0 aromatic carbocycles. The summed E-state index contributed by atoms with van der Waals surface area (Å²) in [6.07, 6.45) is -4.26. The van der Waals surface area contributed by atoms with Crippen molar-refractivity contribution in [2.75, 3.05) is 26.2 Å². The van der Waals surface area contributed by atoms with Crippen molar-refractivity contribution in [3.63, 3.8) is 0 Å². The number of rotatable bonds is 2. The van der Waals surface area contributed by atoms with E-state index in [9.17, 15) is 13.2 Å². The third kappa shape index (κ3) is 2.93. The van der Waals surface area contributed by atoms with Crippen LogP contribution in [0.1, 0.15) is 10.6 Å². The second kappa shape index (κ2) is 4.68. The fourth-order valence-electron chi connectivity index (χ4n) is 1.62. The molecule has 90 valence electrons. The van der Waals surface area contributed by atoms with Crippen LogP contribution in [0.15, 0.2) is 6.07 Å². The SMILES string of the molecule is FC(F)(F)c1cc(CN2CCNCC2)ns1. The molecule has 1 aliphatic rings. The summed E-state index contributed by atoms with van der Waals surface area (Å²) in [5.74, 6) is 0. The first-order valence-electron chi connectivity index (χ1n) is 5.01. The zero-order valence-corrected chi connectivity index (χ0v) is 9.37. The predicted molar refractivity (Wildman–Crippen MR) is 55.3 cm³/mol. The second-order valence-electron chi connectivity index (χ2n) is 3.71. The molecule has 0 bridgehead atoms. The molecule has 0 unspecified atom stereocenters. The van der Waals surface area contributed by atoms with Crippen molar-refractivity contribution in [3.8, 4) is 0 Å². The van der Waals surface area contributed by atoms with Crippen LogP contribution in [0.2, 0.25) is 0 Å². The summed E-state index contributed by atoms with van der Waals surface area (Å²) in [4.78, 5) is 1.49. The zero-order chi connectivity index (χ0) is 11.6. The number of aromatic nitrogens is 1. The summed E-state index contributed by atoms with van der Waals surface area (Å²) in [5, 5.41) is 3.19. The molecule has 1 fully saturated rings. The molecule has 0 radical (unpaired) electrons. The predicted octanol–water partition coefficient (Wildman–Crippen LogP) is 1.57. The van der Waals surface area contributed by atoms with Crippen LogP contribution in [0.3, 0.4) is 0 Å². The van der Waals surface area contributed by atoms with Crippen LogP contribution in [-0.2, 0) is 12.7 Å². The topological polar surface area (TPSA) is 28.2 Å². The Morgan fingerprint density at radius 2 is 2.06 bits per heavy atom. The monoisotopic (exact) mass is 251 g/mol. The molecule has 1 N–H and O–H groups in total. The number of nitrogens with zero attached hydrogens (tertiary/aromatic N) is 2. The lowest BCUT2D eigenvalue weighted by atomic mass is 10.3. The minimum absolute atomic E-state index is 0.508.